The second-order valence-corrected chi connectivity index (χ2v) is 7.83. The summed E-state index contributed by atoms with van der Waals surface area (Å²) in [5.74, 6) is 2.45. The first-order chi connectivity index (χ1) is 12.3. The van der Waals surface area contributed by atoms with Gasteiger partial charge in [0.15, 0.2) is 5.96 Å². The van der Waals surface area contributed by atoms with Gasteiger partial charge in [-0.25, -0.2) is 4.99 Å². The van der Waals surface area contributed by atoms with Crippen molar-refractivity contribution in [1.29, 1.82) is 0 Å². The molecule has 0 saturated carbocycles. The molecule has 8 heteroatoms. The SMILES string of the molecule is COc1cccc(C(C)(C)CNC(=NCC(=O)N(C)C)NCCSC)c1.I. The maximum atomic E-state index is 11.8. The maximum Gasteiger partial charge on any atom is 0.243 e. The highest BCUT2D eigenvalue weighted by Gasteiger charge is 2.21. The number of nitrogens with zero attached hydrogens (tertiary/aromatic N) is 2. The lowest BCUT2D eigenvalue weighted by atomic mass is 9.84. The van der Waals surface area contributed by atoms with Crippen LogP contribution in [0.1, 0.15) is 19.4 Å². The second-order valence-electron chi connectivity index (χ2n) is 6.84. The summed E-state index contributed by atoms with van der Waals surface area (Å²) in [5.41, 5.74) is 1.05. The van der Waals surface area contributed by atoms with E-state index in [1.807, 2.05) is 12.1 Å². The van der Waals surface area contributed by atoms with Crippen molar-refractivity contribution in [1.82, 2.24) is 15.5 Å². The average molecular weight is 508 g/mol. The Morgan fingerprint density at radius 2 is 2.00 bits per heavy atom. The predicted octanol–water partition coefficient (Wildman–Crippen LogP) is 2.58. The van der Waals surface area contributed by atoms with Crippen molar-refractivity contribution in [3.05, 3.63) is 29.8 Å². The van der Waals surface area contributed by atoms with E-state index in [2.05, 4.69) is 47.9 Å². The van der Waals surface area contributed by atoms with Crippen molar-refractivity contribution in [2.24, 2.45) is 4.99 Å². The topological polar surface area (TPSA) is 66.0 Å². The Morgan fingerprint density at radius 3 is 2.59 bits per heavy atom. The van der Waals surface area contributed by atoms with Crippen molar-refractivity contribution < 1.29 is 9.53 Å². The van der Waals surface area contributed by atoms with E-state index in [4.69, 9.17) is 4.74 Å². The van der Waals surface area contributed by atoms with Crippen LogP contribution in [-0.4, -0.2) is 69.6 Å². The summed E-state index contributed by atoms with van der Waals surface area (Å²) < 4.78 is 5.33. The van der Waals surface area contributed by atoms with Gasteiger partial charge < -0.3 is 20.3 Å². The van der Waals surface area contributed by atoms with Gasteiger partial charge in [-0.1, -0.05) is 26.0 Å². The number of methoxy groups -OCH3 is 1. The summed E-state index contributed by atoms with van der Waals surface area (Å²) in [4.78, 5) is 17.8. The largest absolute Gasteiger partial charge is 0.497 e. The van der Waals surface area contributed by atoms with E-state index in [-0.39, 0.29) is 41.8 Å². The molecule has 0 aliphatic rings. The van der Waals surface area contributed by atoms with E-state index < -0.39 is 0 Å². The average Bonchev–Trinajstić information content (AvgIpc) is 2.63. The molecule has 6 nitrogen and oxygen atoms in total. The van der Waals surface area contributed by atoms with Crippen LogP contribution in [0.15, 0.2) is 29.3 Å². The van der Waals surface area contributed by atoms with Gasteiger partial charge in [0.2, 0.25) is 5.91 Å². The first kappa shape index (κ1) is 25.8. The Balaban J connectivity index is 0.00000676. The number of guanidine groups is 1. The number of carbonyl (C=O) groups is 1. The maximum absolute atomic E-state index is 11.8. The summed E-state index contributed by atoms with van der Waals surface area (Å²) in [6.45, 7) is 5.93. The molecule has 0 spiro atoms. The lowest BCUT2D eigenvalue weighted by Gasteiger charge is -2.27. The van der Waals surface area contributed by atoms with Crippen molar-refractivity contribution in [3.8, 4) is 5.75 Å². The Kier molecular flexibility index (Phi) is 12.5. The smallest absolute Gasteiger partial charge is 0.243 e. The summed E-state index contributed by atoms with van der Waals surface area (Å²) in [5, 5.41) is 6.65. The van der Waals surface area contributed by atoms with Crippen molar-refractivity contribution >= 4 is 47.6 Å². The number of nitrogens with one attached hydrogen (secondary N) is 2. The molecule has 0 fully saturated rings. The van der Waals surface area contributed by atoms with Gasteiger partial charge in [0, 0.05) is 38.4 Å². The third-order valence-electron chi connectivity index (χ3n) is 4.02. The molecule has 0 heterocycles. The molecule has 1 amide bonds. The summed E-state index contributed by atoms with van der Waals surface area (Å²) in [6, 6.07) is 8.08. The molecule has 1 aromatic carbocycles. The zero-order valence-electron chi connectivity index (χ0n) is 17.2. The van der Waals surface area contributed by atoms with Crippen LogP contribution in [0.25, 0.3) is 0 Å². The van der Waals surface area contributed by atoms with E-state index in [0.717, 1.165) is 18.0 Å². The Morgan fingerprint density at radius 1 is 1.30 bits per heavy atom. The summed E-state index contributed by atoms with van der Waals surface area (Å²) in [6.07, 6.45) is 2.06. The van der Waals surface area contributed by atoms with Gasteiger partial charge in [0.25, 0.3) is 0 Å². The molecule has 1 aromatic rings. The molecule has 2 N–H and O–H groups in total. The van der Waals surface area contributed by atoms with Crippen LogP contribution in [0, 0.1) is 0 Å². The van der Waals surface area contributed by atoms with Gasteiger partial charge in [0.05, 0.1) is 7.11 Å². The Labute approximate surface area is 184 Å². The van der Waals surface area contributed by atoms with Crippen molar-refractivity contribution in [2.75, 3.05) is 52.8 Å². The molecule has 0 atom stereocenters. The first-order valence-corrected chi connectivity index (χ1v) is 10.1. The van der Waals surface area contributed by atoms with Gasteiger partial charge in [-0.15, -0.1) is 24.0 Å². The molecule has 1 rings (SSSR count). The van der Waals surface area contributed by atoms with E-state index in [9.17, 15) is 4.79 Å². The van der Waals surface area contributed by atoms with E-state index in [1.54, 1.807) is 37.9 Å². The number of thioether (sulfide) groups is 1. The number of ether oxygens (including phenoxy) is 1. The number of likely N-dealkylation sites (N-methyl/N-ethyl adjacent to an activating group) is 1. The number of aliphatic imine (C=N–C) groups is 1. The monoisotopic (exact) mass is 508 g/mol. The molecule has 0 unspecified atom stereocenters. The van der Waals surface area contributed by atoms with Gasteiger partial charge in [-0.05, 0) is 24.0 Å². The molecule has 27 heavy (non-hydrogen) atoms. The zero-order chi connectivity index (χ0) is 19.6. The van der Waals surface area contributed by atoms with Crippen LogP contribution < -0.4 is 15.4 Å². The Hall–Kier alpha value is -1.16. The van der Waals surface area contributed by atoms with Crippen LogP contribution >= 0.6 is 35.7 Å². The highest BCUT2D eigenvalue weighted by molar-refractivity contribution is 14.0. The van der Waals surface area contributed by atoms with Crippen LogP contribution in [0.2, 0.25) is 0 Å². The molecule has 0 bridgehead atoms. The molecule has 0 aromatic heterocycles. The third-order valence-corrected chi connectivity index (χ3v) is 4.63. The number of rotatable bonds is 9. The fraction of sp³-hybridized carbons (Fsp3) is 0.579. The quantitative estimate of drug-likeness (QED) is 0.232. The summed E-state index contributed by atoms with van der Waals surface area (Å²) >= 11 is 1.76. The fourth-order valence-electron chi connectivity index (χ4n) is 2.18. The molecule has 0 aliphatic carbocycles. The van der Waals surface area contributed by atoms with E-state index in [0.29, 0.717) is 12.5 Å². The standard InChI is InChI=1S/C19H32N4O2S.HI/c1-19(2,15-8-7-9-16(12-15)25-5)14-22-18(20-10-11-26-6)21-13-17(24)23(3)4;/h7-9,12H,10-11,13-14H2,1-6H3,(H2,20,21,22);1H. The number of halogens is 1. The minimum atomic E-state index is -0.123. The third kappa shape index (κ3) is 9.55. The number of hydrogen-bond donors (Lipinski definition) is 2. The van der Waals surface area contributed by atoms with Gasteiger partial charge in [-0.3, -0.25) is 4.79 Å². The highest BCUT2D eigenvalue weighted by Crippen LogP contribution is 2.25. The second kappa shape index (κ2) is 13.1. The minimum Gasteiger partial charge on any atom is -0.497 e. The number of carbonyl (C=O) groups excluding carboxylic acids is 1. The molecule has 0 saturated heterocycles. The molecular formula is C19H33IN4O2S. The van der Waals surface area contributed by atoms with Crippen LogP contribution in [-0.2, 0) is 10.2 Å². The van der Waals surface area contributed by atoms with Crippen LogP contribution in [0.5, 0.6) is 5.75 Å². The van der Waals surface area contributed by atoms with E-state index in [1.165, 1.54) is 5.56 Å². The van der Waals surface area contributed by atoms with Gasteiger partial charge in [-0.2, -0.15) is 11.8 Å². The lowest BCUT2D eigenvalue weighted by Crippen LogP contribution is -2.44. The van der Waals surface area contributed by atoms with Crippen molar-refractivity contribution in [3.63, 3.8) is 0 Å². The molecule has 0 aliphatic heterocycles. The van der Waals surface area contributed by atoms with Crippen molar-refractivity contribution in [2.45, 2.75) is 19.3 Å². The lowest BCUT2D eigenvalue weighted by molar-refractivity contribution is -0.127. The van der Waals surface area contributed by atoms with Crippen LogP contribution in [0.4, 0.5) is 0 Å². The Bertz CT molecular complexity index is 609. The molecular weight excluding hydrogens is 475 g/mol. The number of benzene rings is 1. The van der Waals surface area contributed by atoms with Crippen LogP contribution in [0.3, 0.4) is 0 Å². The van der Waals surface area contributed by atoms with E-state index >= 15 is 0 Å². The van der Waals surface area contributed by atoms with Gasteiger partial charge in [0.1, 0.15) is 12.3 Å². The highest BCUT2D eigenvalue weighted by atomic mass is 127. The minimum absolute atomic E-state index is 0. The fourth-order valence-corrected chi connectivity index (χ4v) is 2.49. The predicted molar refractivity (Wildman–Crippen MR) is 127 cm³/mol. The molecule has 154 valence electrons. The molecule has 0 radical (unpaired) electrons. The summed E-state index contributed by atoms with van der Waals surface area (Å²) in [7, 11) is 5.14. The first-order valence-electron chi connectivity index (χ1n) is 8.66. The zero-order valence-corrected chi connectivity index (χ0v) is 20.3. The van der Waals surface area contributed by atoms with Gasteiger partial charge >= 0.3 is 0 Å². The number of amides is 1. The normalized spacial score (nSPS) is 11.4. The number of hydrogen-bond acceptors (Lipinski definition) is 4.